The minimum absolute atomic E-state index is 0.374. The zero-order valence-corrected chi connectivity index (χ0v) is 13.7. The second-order valence-electron chi connectivity index (χ2n) is 6.71. The zero-order chi connectivity index (χ0) is 17.1. The number of anilines is 1. The van der Waals surface area contributed by atoms with Crippen molar-refractivity contribution < 1.29 is 24.2 Å². The fourth-order valence-corrected chi connectivity index (χ4v) is 2.45. The average molecular weight is 321 g/mol. The van der Waals surface area contributed by atoms with Crippen LogP contribution in [0.5, 0.6) is 0 Å². The molecule has 0 aliphatic carbocycles. The molecule has 1 aliphatic heterocycles. The van der Waals surface area contributed by atoms with E-state index >= 15 is 0 Å². The maximum atomic E-state index is 12.1. The van der Waals surface area contributed by atoms with Gasteiger partial charge in [-0.1, -0.05) is 6.07 Å². The number of hydrogen-bond acceptors (Lipinski definition) is 5. The number of hydrogen-bond donors (Lipinski definition) is 2. The molecule has 0 bridgehead atoms. The third-order valence-electron chi connectivity index (χ3n) is 3.64. The third kappa shape index (κ3) is 4.45. The van der Waals surface area contributed by atoms with Crippen LogP contribution in [0.25, 0.3) is 0 Å². The fourth-order valence-electron chi connectivity index (χ4n) is 2.45. The first-order valence-electron chi connectivity index (χ1n) is 7.65. The number of benzene rings is 1. The first kappa shape index (κ1) is 17.3. The summed E-state index contributed by atoms with van der Waals surface area (Å²) in [5, 5.41) is 12.6. The molecule has 0 radical (unpaired) electrons. The molecule has 0 atom stereocenters. The third-order valence-corrected chi connectivity index (χ3v) is 3.64. The van der Waals surface area contributed by atoms with Gasteiger partial charge in [-0.2, -0.15) is 0 Å². The predicted molar refractivity (Wildman–Crippen MR) is 85.7 cm³/mol. The lowest BCUT2D eigenvalue weighted by atomic mass is 9.89. The number of nitrogens with one attached hydrogen (secondary N) is 1. The second-order valence-corrected chi connectivity index (χ2v) is 6.71. The summed E-state index contributed by atoms with van der Waals surface area (Å²) < 4.78 is 10.6. The van der Waals surface area contributed by atoms with Gasteiger partial charge in [-0.05, 0) is 39.0 Å². The van der Waals surface area contributed by atoms with Crippen molar-refractivity contribution in [3.05, 3.63) is 29.8 Å². The fraction of sp³-hybridized carbons (Fsp3) is 0.529. The Morgan fingerprint density at radius 2 is 1.91 bits per heavy atom. The van der Waals surface area contributed by atoms with Crippen LogP contribution in [0.3, 0.4) is 0 Å². The number of rotatable bonds is 4. The van der Waals surface area contributed by atoms with Crippen LogP contribution >= 0.6 is 0 Å². The van der Waals surface area contributed by atoms with E-state index in [1.165, 1.54) is 0 Å². The molecule has 2 N–H and O–H groups in total. The zero-order valence-electron chi connectivity index (χ0n) is 13.7. The number of carboxylic acid groups (broad SMARTS) is 1. The highest BCUT2D eigenvalue weighted by molar-refractivity contribution is 5.91. The molecule has 23 heavy (non-hydrogen) atoms. The number of esters is 1. The molecule has 1 aromatic carbocycles. The van der Waals surface area contributed by atoms with E-state index in [0.717, 1.165) is 0 Å². The highest BCUT2D eigenvalue weighted by atomic mass is 16.6. The van der Waals surface area contributed by atoms with Crippen molar-refractivity contribution >= 4 is 17.6 Å². The lowest BCUT2D eigenvalue weighted by Gasteiger charge is -2.34. The van der Waals surface area contributed by atoms with Gasteiger partial charge in [0, 0.05) is 31.7 Å². The van der Waals surface area contributed by atoms with E-state index < -0.39 is 23.1 Å². The smallest absolute Gasteiger partial charge is 0.338 e. The highest BCUT2D eigenvalue weighted by Gasteiger charge is 2.40. The summed E-state index contributed by atoms with van der Waals surface area (Å²) in [6, 6.07) is 6.72. The van der Waals surface area contributed by atoms with Crippen molar-refractivity contribution in [2.45, 2.75) is 44.8 Å². The van der Waals surface area contributed by atoms with Crippen LogP contribution in [0.15, 0.2) is 24.3 Å². The summed E-state index contributed by atoms with van der Waals surface area (Å²) in [5.74, 6) is -1.35. The van der Waals surface area contributed by atoms with Gasteiger partial charge in [-0.3, -0.25) is 0 Å². The quantitative estimate of drug-likeness (QED) is 0.829. The Balaban J connectivity index is 2.19. The molecule has 1 heterocycles. The molecular weight excluding hydrogens is 298 g/mol. The van der Waals surface area contributed by atoms with Crippen LogP contribution in [0.1, 0.15) is 44.0 Å². The van der Waals surface area contributed by atoms with Crippen LogP contribution in [0.2, 0.25) is 0 Å². The van der Waals surface area contributed by atoms with E-state index in [1.807, 2.05) is 0 Å². The monoisotopic (exact) mass is 321 g/mol. The topological polar surface area (TPSA) is 84.9 Å². The Kier molecular flexibility index (Phi) is 4.94. The van der Waals surface area contributed by atoms with Gasteiger partial charge in [0.15, 0.2) is 0 Å². The second kappa shape index (κ2) is 6.58. The molecule has 2 rings (SSSR count). The van der Waals surface area contributed by atoms with Gasteiger partial charge in [-0.15, -0.1) is 0 Å². The normalized spacial score (nSPS) is 17.3. The molecule has 0 aromatic heterocycles. The van der Waals surface area contributed by atoms with Gasteiger partial charge in [0.1, 0.15) is 11.1 Å². The molecule has 0 saturated carbocycles. The molecule has 1 aliphatic rings. The summed E-state index contributed by atoms with van der Waals surface area (Å²) >= 11 is 0. The maximum Gasteiger partial charge on any atom is 0.338 e. The molecule has 0 unspecified atom stereocenters. The summed E-state index contributed by atoms with van der Waals surface area (Å²) in [5.41, 5.74) is -0.677. The summed E-state index contributed by atoms with van der Waals surface area (Å²) in [4.78, 5) is 23.8. The van der Waals surface area contributed by atoms with Gasteiger partial charge in [0.25, 0.3) is 0 Å². The molecule has 1 fully saturated rings. The first-order chi connectivity index (χ1) is 10.7. The molecule has 6 nitrogen and oxygen atoms in total. The van der Waals surface area contributed by atoms with E-state index in [-0.39, 0.29) is 0 Å². The highest BCUT2D eigenvalue weighted by Crippen LogP contribution is 2.27. The molecule has 6 heteroatoms. The molecule has 0 amide bonds. The van der Waals surface area contributed by atoms with Crippen LogP contribution in [0.4, 0.5) is 5.69 Å². The van der Waals surface area contributed by atoms with Gasteiger partial charge in [0.2, 0.25) is 0 Å². The van der Waals surface area contributed by atoms with E-state index in [1.54, 1.807) is 45.0 Å². The number of aliphatic carboxylic acids is 1. The SMILES string of the molecule is CC(C)(C)OC(=O)c1cccc(NC2(C(=O)O)CCOCC2)c1. The Hall–Kier alpha value is -2.08. The van der Waals surface area contributed by atoms with Gasteiger partial charge < -0.3 is 19.9 Å². The van der Waals surface area contributed by atoms with Crippen molar-refractivity contribution in [2.24, 2.45) is 0 Å². The van der Waals surface area contributed by atoms with Crippen molar-refractivity contribution in [3.8, 4) is 0 Å². The van der Waals surface area contributed by atoms with Crippen molar-refractivity contribution in [1.29, 1.82) is 0 Å². The van der Waals surface area contributed by atoms with Crippen LogP contribution in [0, 0.1) is 0 Å². The van der Waals surface area contributed by atoms with E-state index in [9.17, 15) is 14.7 Å². The minimum Gasteiger partial charge on any atom is -0.480 e. The summed E-state index contributed by atoms with van der Waals surface area (Å²) in [6.45, 7) is 6.19. The molecule has 126 valence electrons. The summed E-state index contributed by atoms with van der Waals surface area (Å²) in [7, 11) is 0. The molecule has 1 aromatic rings. The number of carboxylic acids is 1. The van der Waals surface area contributed by atoms with E-state index in [0.29, 0.717) is 37.3 Å². The Morgan fingerprint density at radius 3 is 2.48 bits per heavy atom. The van der Waals surface area contributed by atoms with E-state index in [2.05, 4.69) is 5.32 Å². The molecular formula is C17H23NO5. The van der Waals surface area contributed by atoms with Crippen LogP contribution < -0.4 is 5.32 Å². The van der Waals surface area contributed by atoms with Crippen molar-refractivity contribution in [3.63, 3.8) is 0 Å². The number of carbonyl (C=O) groups excluding carboxylic acids is 1. The number of ether oxygens (including phenoxy) is 2. The van der Waals surface area contributed by atoms with E-state index in [4.69, 9.17) is 9.47 Å². The molecule has 0 spiro atoms. The maximum absolute atomic E-state index is 12.1. The van der Waals surface area contributed by atoms with Crippen LogP contribution in [-0.2, 0) is 14.3 Å². The standard InChI is InChI=1S/C17H23NO5/c1-16(2,3)23-14(19)12-5-4-6-13(11-12)18-17(15(20)21)7-9-22-10-8-17/h4-6,11,18H,7-10H2,1-3H3,(H,20,21). The van der Waals surface area contributed by atoms with Gasteiger partial charge >= 0.3 is 11.9 Å². The lowest BCUT2D eigenvalue weighted by Crippen LogP contribution is -2.50. The number of carbonyl (C=O) groups is 2. The van der Waals surface area contributed by atoms with Crippen molar-refractivity contribution in [2.75, 3.05) is 18.5 Å². The average Bonchev–Trinajstić information content (AvgIpc) is 2.46. The first-order valence-corrected chi connectivity index (χ1v) is 7.65. The summed E-state index contributed by atoms with van der Waals surface area (Å²) in [6.07, 6.45) is 0.748. The van der Waals surface area contributed by atoms with Crippen molar-refractivity contribution in [1.82, 2.24) is 0 Å². The van der Waals surface area contributed by atoms with Gasteiger partial charge in [0.05, 0.1) is 5.56 Å². The molecule has 1 saturated heterocycles. The Labute approximate surface area is 135 Å². The lowest BCUT2D eigenvalue weighted by molar-refractivity contribution is -0.145. The van der Waals surface area contributed by atoms with Crippen LogP contribution in [-0.4, -0.2) is 41.4 Å². The van der Waals surface area contributed by atoms with Gasteiger partial charge in [-0.25, -0.2) is 9.59 Å². The predicted octanol–water partition coefficient (Wildman–Crippen LogP) is 2.69. The minimum atomic E-state index is -1.06. The largest absolute Gasteiger partial charge is 0.480 e. The Morgan fingerprint density at radius 1 is 1.26 bits per heavy atom. The Bertz CT molecular complexity index is 585.